The van der Waals surface area contributed by atoms with Crippen LogP contribution in [0, 0.1) is 27.2 Å². The van der Waals surface area contributed by atoms with Crippen LogP contribution in [0.4, 0.5) is 11.4 Å². The number of sulfonamides is 1. The number of aryl methyl sites for hydroxylation is 1. The Kier molecular flexibility index (Phi) is 4.56. The van der Waals surface area contributed by atoms with E-state index in [0.29, 0.717) is 5.56 Å². The number of nitro groups is 2. The number of nitrogens with zero attached hydrogens (tertiary/aromatic N) is 2. The molecular formula is C13H10ClN3O6S. The van der Waals surface area contributed by atoms with E-state index in [4.69, 9.17) is 16.7 Å². The molecule has 2 N–H and O–H groups in total. The van der Waals surface area contributed by atoms with Crippen LogP contribution >= 0.6 is 11.6 Å². The number of halogens is 1. The smallest absolute Gasteiger partial charge is 0.258 e. The van der Waals surface area contributed by atoms with Crippen molar-refractivity contribution < 1.29 is 18.3 Å². The molecule has 9 nitrogen and oxygen atoms in total. The van der Waals surface area contributed by atoms with Gasteiger partial charge in [0, 0.05) is 11.1 Å². The highest BCUT2D eigenvalue weighted by atomic mass is 35.5. The van der Waals surface area contributed by atoms with Gasteiger partial charge in [-0.15, -0.1) is 0 Å². The standard InChI is InChI=1S/C13H10ClN3O6S/c1-7-2-3-8(6-9(7)14)12-10(16(18)19)4-5-11(24(15,22)23)13(12)17(20)21/h2-6H,1H3,(H2,15,22,23). The SMILES string of the molecule is Cc1ccc(-c2c([N+](=O)[O-])ccc(S(N)(=O)=O)c2[N+](=O)[O-])cc1Cl. The Morgan fingerprint density at radius 1 is 1.08 bits per heavy atom. The van der Waals surface area contributed by atoms with Crippen LogP contribution in [-0.4, -0.2) is 18.3 Å². The lowest BCUT2D eigenvalue weighted by atomic mass is 10.0. The minimum absolute atomic E-state index is 0.0366. The van der Waals surface area contributed by atoms with Crippen molar-refractivity contribution in [1.82, 2.24) is 0 Å². The van der Waals surface area contributed by atoms with Crippen LogP contribution in [0.2, 0.25) is 5.02 Å². The second-order valence-electron chi connectivity index (χ2n) is 4.83. The number of rotatable bonds is 4. The Bertz CT molecular complexity index is 974. The molecular weight excluding hydrogens is 362 g/mol. The first kappa shape index (κ1) is 17.8. The van der Waals surface area contributed by atoms with Gasteiger partial charge in [0.1, 0.15) is 5.56 Å². The highest BCUT2D eigenvalue weighted by molar-refractivity contribution is 7.89. The summed E-state index contributed by atoms with van der Waals surface area (Å²) < 4.78 is 23.2. The van der Waals surface area contributed by atoms with Crippen molar-refractivity contribution in [3.63, 3.8) is 0 Å². The second-order valence-corrected chi connectivity index (χ2v) is 6.77. The Labute approximate surface area is 141 Å². The molecule has 24 heavy (non-hydrogen) atoms. The predicted molar refractivity (Wildman–Crippen MR) is 86.3 cm³/mol. The van der Waals surface area contributed by atoms with Crippen LogP contribution in [0.1, 0.15) is 5.56 Å². The van der Waals surface area contributed by atoms with Crippen molar-refractivity contribution >= 4 is 33.0 Å². The zero-order valence-electron chi connectivity index (χ0n) is 12.1. The van der Waals surface area contributed by atoms with Crippen LogP contribution in [-0.2, 0) is 10.0 Å². The van der Waals surface area contributed by atoms with E-state index in [1.54, 1.807) is 6.92 Å². The second kappa shape index (κ2) is 6.15. The maximum atomic E-state index is 11.6. The highest BCUT2D eigenvalue weighted by Crippen LogP contribution is 2.42. The van der Waals surface area contributed by atoms with Gasteiger partial charge in [0.25, 0.3) is 5.69 Å². The Morgan fingerprint density at radius 3 is 2.17 bits per heavy atom. The summed E-state index contributed by atoms with van der Waals surface area (Å²) >= 11 is 5.97. The maximum absolute atomic E-state index is 11.6. The molecule has 0 aliphatic rings. The van der Waals surface area contributed by atoms with Crippen LogP contribution in [0.3, 0.4) is 0 Å². The highest BCUT2D eigenvalue weighted by Gasteiger charge is 2.34. The van der Waals surface area contributed by atoms with Gasteiger partial charge < -0.3 is 0 Å². The van der Waals surface area contributed by atoms with Crippen molar-refractivity contribution in [3.8, 4) is 11.1 Å². The van der Waals surface area contributed by atoms with E-state index in [1.165, 1.54) is 18.2 Å². The summed E-state index contributed by atoms with van der Waals surface area (Å²) in [7, 11) is -4.47. The van der Waals surface area contributed by atoms with Gasteiger partial charge >= 0.3 is 5.69 Å². The molecule has 0 aliphatic heterocycles. The van der Waals surface area contributed by atoms with Gasteiger partial charge in [-0.2, -0.15) is 0 Å². The van der Waals surface area contributed by atoms with Crippen LogP contribution in [0.5, 0.6) is 0 Å². The van der Waals surface area contributed by atoms with Crippen molar-refractivity contribution in [2.75, 3.05) is 0 Å². The van der Waals surface area contributed by atoms with Crippen molar-refractivity contribution in [2.45, 2.75) is 11.8 Å². The summed E-state index contributed by atoms with van der Waals surface area (Å²) in [5.41, 5.74) is -1.39. The van der Waals surface area contributed by atoms with Gasteiger partial charge in [-0.1, -0.05) is 23.7 Å². The molecule has 0 saturated heterocycles. The normalized spacial score (nSPS) is 11.3. The lowest BCUT2D eigenvalue weighted by Gasteiger charge is -2.09. The summed E-state index contributed by atoms with van der Waals surface area (Å²) in [4.78, 5) is 20.0. The van der Waals surface area contributed by atoms with Gasteiger partial charge in [-0.3, -0.25) is 20.2 Å². The zero-order chi connectivity index (χ0) is 18.2. The fraction of sp³-hybridized carbons (Fsp3) is 0.0769. The molecule has 0 spiro atoms. The van der Waals surface area contributed by atoms with Crippen molar-refractivity contribution in [1.29, 1.82) is 0 Å². The van der Waals surface area contributed by atoms with Gasteiger partial charge in [-0.05, 0) is 30.2 Å². The third kappa shape index (κ3) is 3.20. The number of hydrogen-bond acceptors (Lipinski definition) is 6. The number of hydrogen-bond donors (Lipinski definition) is 1. The molecule has 0 saturated carbocycles. The maximum Gasteiger partial charge on any atom is 0.304 e. The fourth-order valence-corrected chi connectivity index (χ4v) is 3.04. The summed E-state index contributed by atoms with van der Waals surface area (Å²) in [6.45, 7) is 1.68. The van der Waals surface area contributed by atoms with Crippen molar-refractivity contribution in [3.05, 3.63) is 61.1 Å². The molecule has 0 aliphatic carbocycles. The molecule has 2 rings (SSSR count). The monoisotopic (exact) mass is 371 g/mol. The van der Waals surface area contributed by atoms with Crippen molar-refractivity contribution in [2.24, 2.45) is 5.14 Å². The first-order valence-electron chi connectivity index (χ1n) is 6.29. The molecule has 2 aromatic rings. The molecule has 0 unspecified atom stereocenters. The lowest BCUT2D eigenvalue weighted by molar-refractivity contribution is -0.394. The quantitative estimate of drug-likeness (QED) is 0.645. The first-order valence-corrected chi connectivity index (χ1v) is 8.21. The molecule has 0 radical (unpaired) electrons. The third-order valence-electron chi connectivity index (χ3n) is 3.27. The number of nitro benzene ring substituents is 2. The summed E-state index contributed by atoms with van der Waals surface area (Å²) in [6.07, 6.45) is 0. The first-order chi connectivity index (χ1) is 11.0. The van der Waals surface area contributed by atoms with E-state index in [0.717, 1.165) is 12.1 Å². The largest absolute Gasteiger partial charge is 0.304 e. The molecule has 0 atom stereocenters. The summed E-state index contributed by atoms with van der Waals surface area (Å²) in [6, 6.07) is 5.78. The average molecular weight is 372 g/mol. The van der Waals surface area contributed by atoms with E-state index in [2.05, 4.69) is 0 Å². The van der Waals surface area contributed by atoms with E-state index in [1.807, 2.05) is 0 Å². The Morgan fingerprint density at radius 2 is 1.71 bits per heavy atom. The predicted octanol–water partition coefficient (Wildman–Crippen LogP) is 2.78. The summed E-state index contributed by atoms with van der Waals surface area (Å²) in [5.74, 6) is 0. The van der Waals surface area contributed by atoms with Gasteiger partial charge in [0.05, 0.1) is 9.85 Å². The van der Waals surface area contributed by atoms with Gasteiger partial charge in [0.2, 0.25) is 10.0 Å². The zero-order valence-corrected chi connectivity index (χ0v) is 13.7. The van der Waals surface area contributed by atoms with Crippen LogP contribution in [0.15, 0.2) is 35.2 Å². The minimum atomic E-state index is -4.47. The summed E-state index contributed by atoms with van der Waals surface area (Å²) in [5, 5.41) is 27.9. The van der Waals surface area contributed by atoms with E-state index in [-0.39, 0.29) is 10.6 Å². The average Bonchev–Trinajstić information content (AvgIpc) is 2.47. The number of primary sulfonamides is 1. The Hall–Kier alpha value is -2.56. The molecule has 0 bridgehead atoms. The molecule has 0 aromatic heterocycles. The van der Waals surface area contributed by atoms with E-state index in [9.17, 15) is 28.6 Å². The number of benzene rings is 2. The van der Waals surface area contributed by atoms with E-state index >= 15 is 0 Å². The number of nitrogens with two attached hydrogens (primary N) is 1. The molecule has 11 heteroatoms. The third-order valence-corrected chi connectivity index (χ3v) is 4.61. The molecule has 2 aromatic carbocycles. The minimum Gasteiger partial charge on any atom is -0.258 e. The van der Waals surface area contributed by atoms with Gasteiger partial charge in [-0.25, -0.2) is 13.6 Å². The fourth-order valence-electron chi connectivity index (χ4n) is 2.16. The van der Waals surface area contributed by atoms with E-state index < -0.39 is 41.7 Å². The topological polar surface area (TPSA) is 146 Å². The molecule has 0 heterocycles. The molecule has 0 fully saturated rings. The Balaban J connectivity index is 3.01. The van der Waals surface area contributed by atoms with Crippen LogP contribution in [0.25, 0.3) is 11.1 Å². The molecule has 0 amide bonds. The lowest BCUT2D eigenvalue weighted by Crippen LogP contribution is -2.15. The van der Waals surface area contributed by atoms with Gasteiger partial charge in [0.15, 0.2) is 4.90 Å². The van der Waals surface area contributed by atoms with Crippen LogP contribution < -0.4 is 5.14 Å². The molecule has 126 valence electrons.